The van der Waals surface area contributed by atoms with E-state index in [2.05, 4.69) is 31.1 Å². The molecule has 0 fully saturated rings. The number of pyridine rings is 1. The maximum Gasteiger partial charge on any atom is 0.260 e. The Balaban J connectivity index is 2.07. The number of nitrogen functional groups attached to an aromatic ring is 1. The van der Waals surface area contributed by atoms with E-state index in [1.165, 1.54) is 0 Å². The summed E-state index contributed by atoms with van der Waals surface area (Å²) in [5.41, 5.74) is 9.12. The summed E-state index contributed by atoms with van der Waals surface area (Å²) in [6, 6.07) is 7.40. The molecule has 0 spiro atoms. The normalized spacial score (nSPS) is 10.7. The zero-order valence-corrected chi connectivity index (χ0v) is 12.3. The van der Waals surface area contributed by atoms with E-state index in [4.69, 9.17) is 10.3 Å². The first-order chi connectivity index (χ1) is 9.65. The van der Waals surface area contributed by atoms with E-state index in [1.807, 2.05) is 25.1 Å². The van der Waals surface area contributed by atoms with Crippen LogP contribution in [-0.2, 0) is 0 Å². The molecule has 0 saturated carbocycles. The van der Waals surface area contributed by atoms with Gasteiger partial charge in [-0.05, 0) is 36.8 Å². The maximum atomic E-state index is 5.94. The number of nitrogens with two attached hydrogens (primary N) is 1. The fraction of sp³-hybridized carbons (Fsp3) is 0.0714. The molecule has 2 heterocycles. The Morgan fingerprint density at radius 2 is 2.05 bits per heavy atom. The van der Waals surface area contributed by atoms with Crippen molar-refractivity contribution in [2.75, 3.05) is 5.73 Å². The predicted octanol–water partition coefficient (Wildman–Crippen LogP) is 3.45. The van der Waals surface area contributed by atoms with Gasteiger partial charge in [-0.15, -0.1) is 0 Å². The third-order valence-corrected chi connectivity index (χ3v) is 3.45. The number of halogens is 1. The molecule has 3 rings (SSSR count). The first-order valence-electron chi connectivity index (χ1n) is 5.95. The SMILES string of the molecule is Cc1ccncc1-c1noc(-c2cc(Br)ccc2N)n1. The number of rotatable bonds is 2. The summed E-state index contributed by atoms with van der Waals surface area (Å²) in [6.07, 6.45) is 3.44. The van der Waals surface area contributed by atoms with Crippen LogP contribution in [0.1, 0.15) is 5.56 Å². The van der Waals surface area contributed by atoms with Gasteiger partial charge in [-0.25, -0.2) is 0 Å². The predicted molar refractivity (Wildman–Crippen MR) is 79.8 cm³/mol. The van der Waals surface area contributed by atoms with Crippen molar-refractivity contribution in [3.05, 3.63) is 46.7 Å². The van der Waals surface area contributed by atoms with E-state index in [0.29, 0.717) is 23.0 Å². The number of anilines is 1. The van der Waals surface area contributed by atoms with E-state index in [9.17, 15) is 0 Å². The van der Waals surface area contributed by atoms with Gasteiger partial charge in [0, 0.05) is 28.1 Å². The van der Waals surface area contributed by atoms with Crippen molar-refractivity contribution in [3.8, 4) is 22.8 Å². The Hall–Kier alpha value is -2.21. The summed E-state index contributed by atoms with van der Waals surface area (Å²) in [7, 11) is 0. The highest BCUT2D eigenvalue weighted by Gasteiger charge is 2.14. The Morgan fingerprint density at radius 1 is 1.20 bits per heavy atom. The average Bonchev–Trinajstić information content (AvgIpc) is 2.91. The Morgan fingerprint density at radius 3 is 2.85 bits per heavy atom. The first-order valence-corrected chi connectivity index (χ1v) is 6.74. The van der Waals surface area contributed by atoms with Gasteiger partial charge in [-0.3, -0.25) is 4.98 Å². The molecule has 0 radical (unpaired) electrons. The van der Waals surface area contributed by atoms with Gasteiger partial charge in [0.15, 0.2) is 0 Å². The van der Waals surface area contributed by atoms with Crippen LogP contribution in [-0.4, -0.2) is 15.1 Å². The van der Waals surface area contributed by atoms with Crippen LogP contribution in [0.15, 0.2) is 45.7 Å². The summed E-state index contributed by atoms with van der Waals surface area (Å²) < 4.78 is 6.21. The molecule has 6 heteroatoms. The van der Waals surface area contributed by atoms with Crippen molar-refractivity contribution in [3.63, 3.8) is 0 Å². The van der Waals surface area contributed by atoms with Crippen LogP contribution < -0.4 is 5.73 Å². The molecule has 0 unspecified atom stereocenters. The number of benzene rings is 1. The largest absolute Gasteiger partial charge is 0.398 e. The van der Waals surface area contributed by atoms with E-state index < -0.39 is 0 Å². The van der Waals surface area contributed by atoms with E-state index in [-0.39, 0.29) is 0 Å². The lowest BCUT2D eigenvalue weighted by atomic mass is 10.1. The van der Waals surface area contributed by atoms with Crippen LogP contribution in [0.25, 0.3) is 22.8 Å². The molecule has 0 bridgehead atoms. The Kier molecular flexibility index (Phi) is 3.23. The lowest BCUT2D eigenvalue weighted by Crippen LogP contribution is -1.90. The van der Waals surface area contributed by atoms with Crippen LogP contribution in [0.3, 0.4) is 0 Å². The molecule has 0 aliphatic carbocycles. The summed E-state index contributed by atoms with van der Waals surface area (Å²) in [5.74, 6) is 0.895. The highest BCUT2D eigenvalue weighted by Crippen LogP contribution is 2.29. The smallest absolute Gasteiger partial charge is 0.260 e. The van der Waals surface area contributed by atoms with E-state index >= 15 is 0 Å². The minimum absolute atomic E-state index is 0.391. The second-order valence-corrected chi connectivity index (χ2v) is 5.26. The monoisotopic (exact) mass is 330 g/mol. The lowest BCUT2D eigenvalue weighted by Gasteiger charge is -2.00. The van der Waals surface area contributed by atoms with Crippen molar-refractivity contribution in [1.29, 1.82) is 0 Å². The zero-order chi connectivity index (χ0) is 14.1. The number of hydrogen-bond donors (Lipinski definition) is 1. The molecule has 100 valence electrons. The minimum atomic E-state index is 0.391. The minimum Gasteiger partial charge on any atom is -0.398 e. The topological polar surface area (TPSA) is 77.8 Å². The van der Waals surface area contributed by atoms with Crippen LogP contribution in [0.4, 0.5) is 5.69 Å². The number of hydrogen-bond acceptors (Lipinski definition) is 5. The van der Waals surface area contributed by atoms with Gasteiger partial charge in [0.05, 0.1) is 5.56 Å². The molecule has 1 aromatic carbocycles. The molecule has 0 aliphatic rings. The molecule has 3 aromatic rings. The van der Waals surface area contributed by atoms with Crippen molar-refractivity contribution >= 4 is 21.6 Å². The second kappa shape index (κ2) is 5.05. The number of aryl methyl sites for hydroxylation is 1. The second-order valence-electron chi connectivity index (χ2n) is 4.35. The summed E-state index contributed by atoms with van der Waals surface area (Å²) in [4.78, 5) is 8.48. The van der Waals surface area contributed by atoms with E-state index in [0.717, 1.165) is 15.6 Å². The molecular weight excluding hydrogens is 320 g/mol. The molecule has 0 atom stereocenters. The highest BCUT2D eigenvalue weighted by atomic mass is 79.9. The average molecular weight is 331 g/mol. The van der Waals surface area contributed by atoms with Gasteiger partial charge >= 0.3 is 0 Å². The van der Waals surface area contributed by atoms with Crippen LogP contribution in [0.5, 0.6) is 0 Å². The third kappa shape index (κ3) is 2.30. The molecule has 0 saturated heterocycles. The fourth-order valence-electron chi connectivity index (χ4n) is 1.85. The van der Waals surface area contributed by atoms with Gasteiger partial charge in [-0.1, -0.05) is 21.1 Å². The quantitative estimate of drug-likeness (QED) is 0.728. The van der Waals surface area contributed by atoms with Crippen molar-refractivity contribution in [2.45, 2.75) is 6.92 Å². The van der Waals surface area contributed by atoms with Crippen molar-refractivity contribution < 1.29 is 4.52 Å². The summed E-state index contributed by atoms with van der Waals surface area (Å²) >= 11 is 3.40. The van der Waals surface area contributed by atoms with Gasteiger partial charge < -0.3 is 10.3 Å². The maximum absolute atomic E-state index is 5.94. The summed E-state index contributed by atoms with van der Waals surface area (Å²) in [6.45, 7) is 1.97. The van der Waals surface area contributed by atoms with Crippen LogP contribution in [0, 0.1) is 6.92 Å². The van der Waals surface area contributed by atoms with E-state index in [1.54, 1.807) is 18.5 Å². The Bertz CT molecular complexity index is 769. The van der Waals surface area contributed by atoms with Crippen molar-refractivity contribution in [2.24, 2.45) is 0 Å². The lowest BCUT2D eigenvalue weighted by molar-refractivity contribution is 0.432. The molecule has 20 heavy (non-hydrogen) atoms. The van der Waals surface area contributed by atoms with Gasteiger partial charge in [0.2, 0.25) is 5.82 Å². The fourth-order valence-corrected chi connectivity index (χ4v) is 2.22. The van der Waals surface area contributed by atoms with Crippen LogP contribution >= 0.6 is 15.9 Å². The molecule has 0 aliphatic heterocycles. The van der Waals surface area contributed by atoms with Gasteiger partial charge in [0.1, 0.15) is 0 Å². The highest BCUT2D eigenvalue weighted by molar-refractivity contribution is 9.10. The first kappa shape index (κ1) is 12.8. The molecule has 2 aromatic heterocycles. The number of nitrogens with zero attached hydrogens (tertiary/aromatic N) is 3. The zero-order valence-electron chi connectivity index (χ0n) is 10.7. The summed E-state index contributed by atoms with van der Waals surface area (Å²) in [5, 5.41) is 4.00. The number of aromatic nitrogens is 3. The van der Waals surface area contributed by atoms with Gasteiger partial charge in [-0.2, -0.15) is 4.98 Å². The van der Waals surface area contributed by atoms with Crippen molar-refractivity contribution in [1.82, 2.24) is 15.1 Å². The third-order valence-electron chi connectivity index (χ3n) is 2.95. The van der Waals surface area contributed by atoms with Gasteiger partial charge in [0.25, 0.3) is 5.89 Å². The molecule has 2 N–H and O–H groups in total. The molecule has 0 amide bonds. The molecular formula is C14H11BrN4O. The standard InChI is InChI=1S/C14H11BrN4O/c1-8-4-5-17-7-11(8)13-18-14(20-19-13)10-6-9(15)2-3-12(10)16/h2-7H,16H2,1H3. The Labute approximate surface area is 124 Å². The molecule has 5 nitrogen and oxygen atoms in total. The van der Waals surface area contributed by atoms with Crippen LogP contribution in [0.2, 0.25) is 0 Å².